The van der Waals surface area contributed by atoms with Gasteiger partial charge in [0, 0.05) is 22.2 Å². The predicted octanol–water partition coefficient (Wildman–Crippen LogP) is 4.27. The second kappa shape index (κ2) is 8.44. The van der Waals surface area contributed by atoms with Gasteiger partial charge < -0.3 is 14.8 Å². The van der Waals surface area contributed by atoms with Crippen LogP contribution in [0.25, 0.3) is 6.08 Å². The lowest BCUT2D eigenvalue weighted by Gasteiger charge is -2.08. The van der Waals surface area contributed by atoms with E-state index in [1.165, 1.54) is 32.4 Å². The largest absolute Gasteiger partial charge is 0.496 e. The zero-order valence-electron chi connectivity index (χ0n) is 14.8. The summed E-state index contributed by atoms with van der Waals surface area (Å²) in [4.78, 5) is 27.8. The minimum atomic E-state index is -0.553. The molecule has 0 unspecified atom stereocenters. The molecule has 28 heavy (non-hydrogen) atoms. The van der Waals surface area contributed by atoms with Crippen LogP contribution in [-0.4, -0.2) is 30.2 Å². The maximum atomic E-state index is 12.3. The summed E-state index contributed by atoms with van der Waals surface area (Å²) in [6.45, 7) is 0. The maximum Gasteiger partial charge on any atom is 0.311 e. The highest BCUT2D eigenvalue weighted by atomic mass is 79.9. The van der Waals surface area contributed by atoms with Crippen molar-refractivity contribution in [3.05, 3.63) is 61.5 Å². The van der Waals surface area contributed by atoms with Gasteiger partial charge in [0.2, 0.25) is 5.75 Å². The van der Waals surface area contributed by atoms with Crippen molar-refractivity contribution in [2.45, 2.75) is 0 Å². The monoisotopic (exact) mass is 463 g/mol. The number of thioether (sulfide) groups is 1. The minimum absolute atomic E-state index is 0.0735. The molecule has 0 radical (unpaired) electrons. The molecule has 1 aliphatic rings. The molecule has 1 N–H and O–H groups in total. The summed E-state index contributed by atoms with van der Waals surface area (Å²) in [7, 11) is 2.77. The fourth-order valence-corrected chi connectivity index (χ4v) is 3.67. The van der Waals surface area contributed by atoms with Crippen molar-refractivity contribution in [1.29, 1.82) is 0 Å². The normalized spacial score (nSPS) is 16.3. The lowest BCUT2D eigenvalue weighted by atomic mass is 10.1. The van der Waals surface area contributed by atoms with Crippen LogP contribution in [0.1, 0.15) is 5.56 Å². The molecule has 1 saturated heterocycles. The number of hydrogen-bond donors (Lipinski definition) is 1. The van der Waals surface area contributed by atoms with E-state index >= 15 is 0 Å². The second-order valence-corrected chi connectivity index (χ2v) is 7.43. The van der Waals surface area contributed by atoms with Crippen LogP contribution in [-0.2, 0) is 4.79 Å². The number of halogens is 1. The first-order valence-electron chi connectivity index (χ1n) is 7.87. The minimum Gasteiger partial charge on any atom is -0.496 e. The zero-order valence-corrected chi connectivity index (χ0v) is 17.2. The van der Waals surface area contributed by atoms with Gasteiger partial charge in [-0.1, -0.05) is 22.0 Å². The Hall–Kier alpha value is -2.85. The van der Waals surface area contributed by atoms with E-state index in [0.29, 0.717) is 27.1 Å². The summed E-state index contributed by atoms with van der Waals surface area (Å²) in [5.41, 5.74) is 0.842. The third kappa shape index (κ3) is 4.34. The number of carbonyl (C=O) groups excluding carboxylic acids is 1. The highest BCUT2D eigenvalue weighted by Crippen LogP contribution is 2.37. The first kappa shape index (κ1) is 19.9. The highest BCUT2D eigenvalue weighted by Gasteiger charge is 2.26. The zero-order chi connectivity index (χ0) is 20.3. The Morgan fingerprint density at radius 2 is 1.96 bits per heavy atom. The van der Waals surface area contributed by atoms with Crippen LogP contribution in [0, 0.1) is 10.1 Å². The van der Waals surface area contributed by atoms with Crippen molar-refractivity contribution in [1.82, 2.24) is 5.32 Å². The molecule has 144 valence electrons. The summed E-state index contributed by atoms with van der Waals surface area (Å²) in [5, 5.41) is 14.4. The van der Waals surface area contributed by atoms with Gasteiger partial charge in [0.05, 0.1) is 29.7 Å². The smallest absolute Gasteiger partial charge is 0.311 e. The van der Waals surface area contributed by atoms with Crippen LogP contribution < -0.4 is 14.8 Å². The van der Waals surface area contributed by atoms with Gasteiger partial charge in [-0.3, -0.25) is 14.9 Å². The Morgan fingerprint density at radius 3 is 2.61 bits per heavy atom. The van der Waals surface area contributed by atoms with Crippen LogP contribution in [0.15, 0.2) is 50.8 Å². The van der Waals surface area contributed by atoms with E-state index in [9.17, 15) is 14.9 Å². The van der Waals surface area contributed by atoms with Crippen LogP contribution in [0.2, 0.25) is 0 Å². The lowest BCUT2D eigenvalue weighted by molar-refractivity contribution is -0.385. The molecule has 1 fully saturated rings. The van der Waals surface area contributed by atoms with Crippen LogP contribution in [0.4, 0.5) is 11.4 Å². The molecule has 0 atom stereocenters. The van der Waals surface area contributed by atoms with Crippen molar-refractivity contribution >= 4 is 56.2 Å². The molecule has 0 bridgehead atoms. The molecule has 10 heteroatoms. The summed E-state index contributed by atoms with van der Waals surface area (Å²) in [5.74, 6) is 0.0735. The van der Waals surface area contributed by atoms with Gasteiger partial charge in [-0.15, -0.1) is 0 Å². The Labute approximate surface area is 172 Å². The fourth-order valence-electron chi connectivity index (χ4n) is 2.45. The number of nitrogens with zero attached hydrogens (tertiary/aromatic N) is 2. The van der Waals surface area contributed by atoms with Crippen molar-refractivity contribution in [3.8, 4) is 11.5 Å². The molecule has 0 spiro atoms. The average molecular weight is 464 g/mol. The molecule has 0 aliphatic carbocycles. The van der Waals surface area contributed by atoms with Gasteiger partial charge in [0.1, 0.15) is 5.75 Å². The molecule has 0 aromatic heterocycles. The van der Waals surface area contributed by atoms with E-state index in [1.807, 2.05) is 24.3 Å². The standard InChI is InChI=1S/C18H14BrN3O5S/c1-26-14-9-15(27-2)13(22(24)25)6-10(14)7-16-17(23)21-18(28-16)20-12-5-3-4-11(19)8-12/h3-9H,1-2H3,(H,20,21,23)/b16-7-. The van der Waals surface area contributed by atoms with E-state index in [-0.39, 0.29) is 17.3 Å². The van der Waals surface area contributed by atoms with Gasteiger partial charge in [0.15, 0.2) is 5.17 Å². The van der Waals surface area contributed by atoms with Gasteiger partial charge >= 0.3 is 5.69 Å². The Kier molecular flexibility index (Phi) is 6.00. The Morgan fingerprint density at radius 1 is 1.21 bits per heavy atom. The average Bonchev–Trinajstić information content (AvgIpc) is 3.00. The van der Waals surface area contributed by atoms with Crippen LogP contribution in [0.3, 0.4) is 0 Å². The summed E-state index contributed by atoms with van der Waals surface area (Å²) >= 11 is 4.51. The first-order valence-corrected chi connectivity index (χ1v) is 9.47. The maximum absolute atomic E-state index is 12.3. The fraction of sp³-hybridized carbons (Fsp3) is 0.111. The van der Waals surface area contributed by atoms with Gasteiger partial charge in [-0.2, -0.15) is 0 Å². The number of ether oxygens (including phenoxy) is 2. The molecule has 2 aromatic carbocycles. The number of amides is 1. The summed E-state index contributed by atoms with van der Waals surface area (Å²) in [6, 6.07) is 10.1. The predicted molar refractivity (Wildman–Crippen MR) is 111 cm³/mol. The molecule has 3 rings (SSSR count). The molecule has 1 amide bonds. The van der Waals surface area contributed by atoms with Gasteiger partial charge in [-0.05, 0) is 36.0 Å². The topological polar surface area (TPSA) is 103 Å². The lowest BCUT2D eigenvalue weighted by Crippen LogP contribution is -2.19. The number of carbonyl (C=O) groups is 1. The molecule has 8 nitrogen and oxygen atoms in total. The molecule has 2 aromatic rings. The van der Waals surface area contributed by atoms with E-state index in [1.54, 1.807) is 0 Å². The van der Waals surface area contributed by atoms with E-state index < -0.39 is 4.92 Å². The molecule has 0 saturated carbocycles. The summed E-state index contributed by atoms with van der Waals surface area (Å²) in [6.07, 6.45) is 1.52. The van der Waals surface area contributed by atoms with E-state index in [2.05, 4.69) is 26.2 Å². The number of nitro benzene ring substituents is 1. The molecular weight excluding hydrogens is 450 g/mol. The SMILES string of the molecule is COc1cc(OC)c([N+](=O)[O-])cc1/C=C1\SC(=Nc2cccc(Br)c2)NC1=O. The molecular formula is C18H14BrN3O5S. The summed E-state index contributed by atoms with van der Waals surface area (Å²) < 4.78 is 11.2. The second-order valence-electron chi connectivity index (χ2n) is 5.48. The van der Waals surface area contributed by atoms with Gasteiger partial charge in [0.25, 0.3) is 5.91 Å². The quantitative estimate of drug-likeness (QED) is 0.403. The van der Waals surface area contributed by atoms with Crippen molar-refractivity contribution in [3.63, 3.8) is 0 Å². The van der Waals surface area contributed by atoms with E-state index in [0.717, 1.165) is 16.2 Å². The van der Waals surface area contributed by atoms with Crippen molar-refractivity contribution < 1.29 is 19.2 Å². The van der Waals surface area contributed by atoms with Crippen molar-refractivity contribution in [2.75, 3.05) is 14.2 Å². The Bertz CT molecular complexity index is 1020. The molecule has 1 aliphatic heterocycles. The van der Waals surface area contributed by atoms with Crippen molar-refractivity contribution in [2.24, 2.45) is 4.99 Å². The third-order valence-electron chi connectivity index (χ3n) is 3.70. The molecule has 1 heterocycles. The number of hydrogen-bond acceptors (Lipinski definition) is 7. The number of nitro groups is 1. The first-order chi connectivity index (χ1) is 13.4. The number of amidine groups is 1. The Balaban J connectivity index is 1.96. The van der Waals surface area contributed by atoms with Crippen LogP contribution >= 0.6 is 27.7 Å². The van der Waals surface area contributed by atoms with E-state index in [4.69, 9.17) is 9.47 Å². The van der Waals surface area contributed by atoms with Gasteiger partial charge in [-0.25, -0.2) is 4.99 Å². The number of nitrogens with one attached hydrogen (secondary N) is 1. The number of rotatable bonds is 5. The number of benzene rings is 2. The van der Waals surface area contributed by atoms with Crippen LogP contribution in [0.5, 0.6) is 11.5 Å². The third-order valence-corrected chi connectivity index (χ3v) is 5.11. The highest BCUT2D eigenvalue weighted by molar-refractivity contribution is 9.10. The number of aliphatic imine (C=N–C) groups is 1. The number of methoxy groups -OCH3 is 2.